The summed E-state index contributed by atoms with van der Waals surface area (Å²) in [5.74, 6) is -3.91. The van der Waals surface area contributed by atoms with Crippen LogP contribution in [0.4, 0.5) is 8.78 Å². The normalized spacial score (nSPS) is 15.0. The molecule has 0 atom stereocenters. The lowest BCUT2D eigenvalue weighted by Crippen LogP contribution is -2.36. The topological polar surface area (TPSA) is 84.5 Å². The van der Waals surface area contributed by atoms with Crippen molar-refractivity contribution < 1.29 is 23.5 Å². The van der Waals surface area contributed by atoms with Gasteiger partial charge in [-0.3, -0.25) is 9.79 Å². The van der Waals surface area contributed by atoms with Crippen LogP contribution in [0.2, 0.25) is 5.02 Å². The molecular weight excluding hydrogens is 440 g/mol. The van der Waals surface area contributed by atoms with Crippen molar-refractivity contribution in [1.82, 2.24) is 9.78 Å². The molecule has 1 aliphatic heterocycles. The van der Waals surface area contributed by atoms with E-state index >= 15 is 0 Å². The first-order valence-corrected chi connectivity index (χ1v) is 10.4. The minimum absolute atomic E-state index is 0.156. The molecule has 1 saturated carbocycles. The van der Waals surface area contributed by atoms with E-state index in [0.29, 0.717) is 23.9 Å². The molecule has 6 nitrogen and oxygen atoms in total. The summed E-state index contributed by atoms with van der Waals surface area (Å²) < 4.78 is 30.7. The molecule has 0 bridgehead atoms. The Morgan fingerprint density at radius 2 is 1.88 bits per heavy atom. The third-order valence-corrected chi connectivity index (χ3v) is 5.94. The number of aromatic nitrogens is 2. The van der Waals surface area contributed by atoms with E-state index in [9.17, 15) is 18.4 Å². The van der Waals surface area contributed by atoms with Gasteiger partial charge in [-0.25, -0.2) is 13.6 Å². The van der Waals surface area contributed by atoms with Crippen LogP contribution in [0, 0.1) is 11.6 Å². The van der Waals surface area contributed by atoms with E-state index in [-0.39, 0.29) is 22.0 Å². The Hall–Kier alpha value is -3.39. The lowest BCUT2D eigenvalue weighted by Gasteiger charge is -2.10. The van der Waals surface area contributed by atoms with Gasteiger partial charge in [0.05, 0.1) is 27.1 Å². The van der Waals surface area contributed by atoms with Crippen LogP contribution < -0.4 is 10.7 Å². The molecule has 2 aliphatic rings. The summed E-state index contributed by atoms with van der Waals surface area (Å²) in [6, 6.07) is 6.70. The quantitative estimate of drug-likeness (QED) is 0.652. The van der Waals surface area contributed by atoms with Crippen LogP contribution in [0.5, 0.6) is 0 Å². The van der Waals surface area contributed by atoms with E-state index in [4.69, 9.17) is 16.7 Å². The summed E-state index contributed by atoms with van der Waals surface area (Å²) in [5, 5.41) is 14.1. The molecule has 1 aliphatic carbocycles. The largest absolute Gasteiger partial charge is 0.478 e. The monoisotopic (exact) mass is 455 g/mol. The SMILES string of the molecule is O=C(O)c1cc(F)c(-c2nn(C(=O)c3c(Cl)cccc3C3CC3)c3c2=NCCC=3)c(F)c1. The molecule has 3 aromatic rings. The molecule has 5 rings (SSSR count). The van der Waals surface area contributed by atoms with E-state index < -0.39 is 34.6 Å². The number of aromatic carboxylic acids is 1. The van der Waals surface area contributed by atoms with Crippen molar-refractivity contribution in [1.29, 1.82) is 0 Å². The molecule has 0 unspecified atom stereocenters. The second kappa shape index (κ2) is 7.63. The zero-order valence-corrected chi connectivity index (χ0v) is 17.4. The van der Waals surface area contributed by atoms with E-state index in [1.54, 1.807) is 18.2 Å². The van der Waals surface area contributed by atoms with Crippen LogP contribution in [0.25, 0.3) is 17.3 Å². The average Bonchev–Trinajstić information content (AvgIpc) is 3.54. The molecule has 162 valence electrons. The zero-order valence-electron chi connectivity index (χ0n) is 16.6. The maximum absolute atomic E-state index is 14.8. The molecule has 2 aromatic carbocycles. The molecule has 0 spiro atoms. The first-order chi connectivity index (χ1) is 15.4. The van der Waals surface area contributed by atoms with Crippen molar-refractivity contribution in [3.63, 3.8) is 0 Å². The van der Waals surface area contributed by atoms with Crippen molar-refractivity contribution in [2.24, 2.45) is 4.99 Å². The van der Waals surface area contributed by atoms with Gasteiger partial charge >= 0.3 is 5.97 Å². The number of carboxylic acids is 1. The van der Waals surface area contributed by atoms with Crippen LogP contribution >= 0.6 is 11.6 Å². The van der Waals surface area contributed by atoms with Crippen molar-refractivity contribution in [2.45, 2.75) is 25.2 Å². The van der Waals surface area contributed by atoms with Crippen molar-refractivity contribution in [3.05, 3.63) is 74.4 Å². The lowest BCUT2D eigenvalue weighted by molar-refractivity contribution is 0.0695. The van der Waals surface area contributed by atoms with Crippen LogP contribution in [-0.4, -0.2) is 33.3 Å². The van der Waals surface area contributed by atoms with Crippen LogP contribution in [0.15, 0.2) is 35.3 Å². The van der Waals surface area contributed by atoms with Gasteiger partial charge in [0.25, 0.3) is 5.91 Å². The fourth-order valence-corrected chi connectivity index (χ4v) is 4.26. The number of rotatable bonds is 4. The number of carbonyl (C=O) groups is 2. The predicted molar refractivity (Wildman–Crippen MR) is 112 cm³/mol. The summed E-state index contributed by atoms with van der Waals surface area (Å²) in [4.78, 5) is 29.0. The number of hydrogen-bond donors (Lipinski definition) is 1. The number of nitrogens with zero attached hydrogens (tertiary/aromatic N) is 3. The van der Waals surface area contributed by atoms with Crippen LogP contribution in [0.3, 0.4) is 0 Å². The van der Waals surface area contributed by atoms with Gasteiger partial charge in [-0.1, -0.05) is 29.8 Å². The predicted octanol–water partition coefficient (Wildman–Crippen LogP) is 3.55. The first kappa shape index (κ1) is 20.5. The Morgan fingerprint density at radius 3 is 2.53 bits per heavy atom. The Morgan fingerprint density at radius 1 is 1.16 bits per heavy atom. The highest BCUT2D eigenvalue weighted by Gasteiger charge is 2.31. The first-order valence-electron chi connectivity index (χ1n) is 10.1. The van der Waals surface area contributed by atoms with Gasteiger partial charge in [0.2, 0.25) is 0 Å². The Balaban J connectivity index is 1.73. The second-order valence-electron chi connectivity index (χ2n) is 7.77. The molecule has 1 N–H and O–H groups in total. The summed E-state index contributed by atoms with van der Waals surface area (Å²) in [6.07, 6.45) is 4.19. The van der Waals surface area contributed by atoms with Gasteiger partial charge < -0.3 is 5.11 Å². The lowest BCUT2D eigenvalue weighted by atomic mass is 10.0. The Kier molecular flexibility index (Phi) is 4.89. The molecule has 9 heteroatoms. The molecule has 0 radical (unpaired) electrons. The van der Waals surface area contributed by atoms with Gasteiger partial charge in [0.1, 0.15) is 22.7 Å². The fraction of sp³-hybridized carbons (Fsp3) is 0.217. The number of carbonyl (C=O) groups excluding carboxylic acids is 1. The average molecular weight is 456 g/mol. The second-order valence-corrected chi connectivity index (χ2v) is 8.18. The Bertz CT molecular complexity index is 1400. The summed E-state index contributed by atoms with van der Waals surface area (Å²) in [6.45, 7) is 0.371. The summed E-state index contributed by atoms with van der Waals surface area (Å²) in [5.41, 5.74) is -0.0738. The minimum atomic E-state index is -1.46. The third kappa shape index (κ3) is 3.31. The van der Waals surface area contributed by atoms with Gasteiger partial charge in [-0.15, -0.1) is 0 Å². The van der Waals surface area contributed by atoms with Crippen molar-refractivity contribution in [3.8, 4) is 11.3 Å². The Labute approximate surface area is 185 Å². The van der Waals surface area contributed by atoms with Gasteiger partial charge in [-0.2, -0.15) is 9.78 Å². The van der Waals surface area contributed by atoms with E-state index in [2.05, 4.69) is 10.1 Å². The van der Waals surface area contributed by atoms with Gasteiger partial charge in [0.15, 0.2) is 0 Å². The maximum atomic E-state index is 14.8. The summed E-state index contributed by atoms with van der Waals surface area (Å²) >= 11 is 6.38. The highest BCUT2D eigenvalue weighted by molar-refractivity contribution is 6.34. The number of hydrogen-bond acceptors (Lipinski definition) is 4. The highest BCUT2D eigenvalue weighted by Crippen LogP contribution is 2.43. The standard InChI is InChI=1S/C23H16ClF2N3O3/c24-14-4-1-3-13(11-6-7-11)18(14)22(30)29-17-5-2-8-27-20(17)21(28-29)19-15(25)9-12(23(31)32)10-16(19)26/h1,3-5,9-11H,2,6-8H2,(H,31,32). The van der Waals surface area contributed by atoms with E-state index in [1.807, 2.05) is 6.07 Å². The minimum Gasteiger partial charge on any atom is -0.478 e. The number of halogens is 3. The molecule has 2 heterocycles. The van der Waals surface area contributed by atoms with Crippen molar-refractivity contribution in [2.75, 3.05) is 6.54 Å². The maximum Gasteiger partial charge on any atom is 0.335 e. The number of carboxylic acid groups (broad SMARTS) is 1. The number of benzene rings is 2. The zero-order chi connectivity index (χ0) is 22.6. The molecule has 1 aromatic heterocycles. The van der Waals surface area contributed by atoms with Crippen LogP contribution in [-0.2, 0) is 0 Å². The molecule has 0 saturated heterocycles. The van der Waals surface area contributed by atoms with Gasteiger partial charge in [-0.05, 0) is 48.9 Å². The number of fused-ring (bicyclic) bond motifs is 1. The smallest absolute Gasteiger partial charge is 0.335 e. The van der Waals surface area contributed by atoms with E-state index in [0.717, 1.165) is 35.2 Å². The molecule has 0 amide bonds. The molecular formula is C23H16ClF2N3O3. The van der Waals surface area contributed by atoms with Crippen molar-refractivity contribution >= 4 is 29.6 Å². The van der Waals surface area contributed by atoms with Crippen LogP contribution in [0.1, 0.15) is 51.5 Å². The molecule has 32 heavy (non-hydrogen) atoms. The molecule has 1 fully saturated rings. The summed E-state index contributed by atoms with van der Waals surface area (Å²) in [7, 11) is 0. The highest BCUT2D eigenvalue weighted by atomic mass is 35.5. The fourth-order valence-electron chi connectivity index (χ4n) is 3.99. The van der Waals surface area contributed by atoms with E-state index in [1.165, 1.54) is 0 Å². The van der Waals surface area contributed by atoms with Gasteiger partial charge in [0, 0.05) is 6.54 Å². The third-order valence-electron chi connectivity index (χ3n) is 5.63.